The lowest BCUT2D eigenvalue weighted by atomic mass is 10.2. The van der Waals surface area contributed by atoms with E-state index in [1.165, 1.54) is 6.26 Å². The lowest BCUT2D eigenvalue weighted by Gasteiger charge is -2.35. The minimum Gasteiger partial charge on any atom is -0.459 e. The average Bonchev–Trinajstić information content (AvgIpc) is 3.23. The number of aromatic nitrogens is 4. The maximum atomic E-state index is 12.3. The molecule has 0 saturated carbocycles. The highest BCUT2D eigenvalue weighted by Gasteiger charge is 2.26. The van der Waals surface area contributed by atoms with E-state index in [-0.39, 0.29) is 5.91 Å². The summed E-state index contributed by atoms with van der Waals surface area (Å²) in [5.74, 6) is 1.19. The van der Waals surface area contributed by atoms with Crippen LogP contribution in [0.4, 0.5) is 5.82 Å². The Morgan fingerprint density at radius 1 is 1.21 bits per heavy atom. The average molecular weight is 326 g/mol. The number of furan rings is 1. The molecule has 4 heterocycles. The Bertz CT molecular complexity index is 877. The van der Waals surface area contributed by atoms with Crippen molar-refractivity contribution < 1.29 is 9.21 Å². The molecule has 0 aliphatic carbocycles. The van der Waals surface area contributed by atoms with E-state index < -0.39 is 0 Å². The van der Waals surface area contributed by atoms with E-state index in [4.69, 9.17) is 4.42 Å². The maximum absolute atomic E-state index is 12.3. The van der Waals surface area contributed by atoms with Gasteiger partial charge in [-0.1, -0.05) is 0 Å². The van der Waals surface area contributed by atoms with Crippen LogP contribution in [0.1, 0.15) is 16.2 Å². The van der Waals surface area contributed by atoms with Crippen molar-refractivity contribution in [1.82, 2.24) is 24.6 Å². The summed E-state index contributed by atoms with van der Waals surface area (Å²) >= 11 is 0. The van der Waals surface area contributed by atoms with Gasteiger partial charge in [-0.3, -0.25) is 9.48 Å². The lowest BCUT2D eigenvalue weighted by Crippen LogP contribution is -2.49. The Labute approximate surface area is 138 Å². The lowest BCUT2D eigenvalue weighted by molar-refractivity contribution is 0.0714. The van der Waals surface area contributed by atoms with Crippen molar-refractivity contribution in [2.45, 2.75) is 6.92 Å². The summed E-state index contributed by atoms with van der Waals surface area (Å²) in [6, 6.07) is 3.42. The number of anilines is 1. The van der Waals surface area contributed by atoms with Crippen LogP contribution in [0.5, 0.6) is 0 Å². The molecule has 3 aromatic heterocycles. The molecule has 0 spiro atoms. The molecule has 0 unspecified atom stereocenters. The van der Waals surface area contributed by atoms with Gasteiger partial charge in [0.1, 0.15) is 17.4 Å². The van der Waals surface area contributed by atoms with Gasteiger partial charge in [0.15, 0.2) is 11.6 Å². The number of carbonyl (C=O) groups excluding carboxylic acids is 1. The predicted molar refractivity (Wildman–Crippen MR) is 87.9 cm³/mol. The molecule has 1 fully saturated rings. The first kappa shape index (κ1) is 14.7. The van der Waals surface area contributed by atoms with Gasteiger partial charge >= 0.3 is 0 Å². The van der Waals surface area contributed by atoms with Crippen LogP contribution >= 0.6 is 0 Å². The van der Waals surface area contributed by atoms with E-state index in [0.717, 1.165) is 22.5 Å². The highest BCUT2D eigenvalue weighted by molar-refractivity contribution is 5.92. The minimum absolute atomic E-state index is 0.0659. The first-order valence-corrected chi connectivity index (χ1v) is 7.87. The van der Waals surface area contributed by atoms with Gasteiger partial charge < -0.3 is 14.2 Å². The van der Waals surface area contributed by atoms with Gasteiger partial charge in [-0.25, -0.2) is 9.97 Å². The topological polar surface area (TPSA) is 80.3 Å². The second-order valence-electron chi connectivity index (χ2n) is 5.86. The van der Waals surface area contributed by atoms with Gasteiger partial charge in [-0.05, 0) is 19.1 Å². The summed E-state index contributed by atoms with van der Waals surface area (Å²) in [5.41, 5.74) is 2.69. The molecule has 3 aromatic rings. The van der Waals surface area contributed by atoms with Crippen LogP contribution < -0.4 is 4.90 Å². The number of nitrogens with zero attached hydrogens (tertiary/aromatic N) is 6. The third-order valence-electron chi connectivity index (χ3n) is 4.37. The molecule has 0 bridgehead atoms. The number of fused-ring (bicyclic) bond motifs is 1. The maximum Gasteiger partial charge on any atom is 0.289 e. The van der Waals surface area contributed by atoms with Crippen LogP contribution in [0.25, 0.3) is 11.0 Å². The Morgan fingerprint density at radius 3 is 2.71 bits per heavy atom. The molecule has 1 aliphatic rings. The summed E-state index contributed by atoms with van der Waals surface area (Å²) < 4.78 is 7.02. The Kier molecular flexibility index (Phi) is 3.44. The van der Waals surface area contributed by atoms with E-state index >= 15 is 0 Å². The molecule has 1 saturated heterocycles. The van der Waals surface area contributed by atoms with Crippen LogP contribution in [0.15, 0.2) is 29.1 Å². The van der Waals surface area contributed by atoms with E-state index in [2.05, 4.69) is 20.0 Å². The Hall–Kier alpha value is -2.90. The normalized spacial score (nSPS) is 15.2. The summed E-state index contributed by atoms with van der Waals surface area (Å²) in [7, 11) is 1.90. The van der Waals surface area contributed by atoms with Crippen molar-refractivity contribution in [2.75, 3.05) is 31.1 Å². The first-order valence-electron chi connectivity index (χ1n) is 7.87. The fourth-order valence-electron chi connectivity index (χ4n) is 3.16. The highest BCUT2D eigenvalue weighted by atomic mass is 16.3. The zero-order chi connectivity index (χ0) is 16.7. The van der Waals surface area contributed by atoms with E-state index in [1.54, 1.807) is 18.5 Å². The van der Waals surface area contributed by atoms with Crippen molar-refractivity contribution in [3.63, 3.8) is 0 Å². The fourth-order valence-corrected chi connectivity index (χ4v) is 3.16. The second-order valence-corrected chi connectivity index (χ2v) is 5.86. The van der Waals surface area contributed by atoms with Crippen molar-refractivity contribution >= 4 is 22.8 Å². The molecule has 124 valence electrons. The zero-order valence-electron chi connectivity index (χ0n) is 13.6. The molecule has 0 aromatic carbocycles. The largest absolute Gasteiger partial charge is 0.459 e. The van der Waals surface area contributed by atoms with Crippen molar-refractivity contribution in [3.05, 3.63) is 36.2 Å². The van der Waals surface area contributed by atoms with Gasteiger partial charge in [0.25, 0.3) is 5.91 Å². The third-order valence-corrected chi connectivity index (χ3v) is 4.37. The predicted octanol–water partition coefficient (Wildman–Crippen LogP) is 1.23. The molecule has 1 amide bonds. The minimum atomic E-state index is -0.0659. The van der Waals surface area contributed by atoms with Crippen molar-refractivity contribution in [2.24, 2.45) is 7.05 Å². The van der Waals surface area contributed by atoms with Gasteiger partial charge in [-0.15, -0.1) is 0 Å². The van der Waals surface area contributed by atoms with Gasteiger partial charge in [0.05, 0.1) is 12.0 Å². The summed E-state index contributed by atoms with van der Waals surface area (Å²) in [6.07, 6.45) is 3.10. The first-order chi connectivity index (χ1) is 11.6. The van der Waals surface area contributed by atoms with Crippen molar-refractivity contribution in [3.8, 4) is 0 Å². The van der Waals surface area contributed by atoms with Gasteiger partial charge in [0, 0.05) is 33.2 Å². The van der Waals surface area contributed by atoms with E-state index in [9.17, 15) is 4.79 Å². The second kappa shape index (κ2) is 5.63. The summed E-state index contributed by atoms with van der Waals surface area (Å²) in [4.78, 5) is 25.1. The smallest absolute Gasteiger partial charge is 0.289 e. The molecular weight excluding hydrogens is 308 g/mol. The number of hydrogen-bond donors (Lipinski definition) is 0. The summed E-state index contributed by atoms with van der Waals surface area (Å²) in [5, 5.41) is 4.43. The SMILES string of the molecule is Cc1nn(C)c2c(N3CCN(C(=O)c4ccco4)CC3)ncnc12. The molecule has 4 rings (SSSR count). The van der Waals surface area contributed by atoms with Gasteiger partial charge in [-0.2, -0.15) is 5.10 Å². The number of amides is 1. The Balaban J connectivity index is 1.55. The molecule has 8 nitrogen and oxygen atoms in total. The molecule has 8 heteroatoms. The Morgan fingerprint density at radius 2 is 2.00 bits per heavy atom. The number of aryl methyl sites for hydroxylation is 2. The monoisotopic (exact) mass is 326 g/mol. The molecule has 0 radical (unpaired) electrons. The highest BCUT2D eigenvalue weighted by Crippen LogP contribution is 2.25. The van der Waals surface area contributed by atoms with E-state index in [1.807, 2.05) is 23.6 Å². The third kappa shape index (κ3) is 2.31. The van der Waals surface area contributed by atoms with Crippen LogP contribution in [-0.4, -0.2) is 56.7 Å². The fraction of sp³-hybridized carbons (Fsp3) is 0.375. The van der Waals surface area contributed by atoms with Crippen molar-refractivity contribution in [1.29, 1.82) is 0 Å². The number of carbonyl (C=O) groups is 1. The number of piperazine rings is 1. The molecule has 0 N–H and O–H groups in total. The van der Waals surface area contributed by atoms with Crippen LogP contribution in [0, 0.1) is 6.92 Å². The standard InChI is InChI=1S/C16H18N6O2/c1-11-13-14(20(2)19-11)15(18-10-17-13)21-5-7-22(8-6-21)16(23)12-4-3-9-24-12/h3-4,9-10H,5-8H2,1-2H3. The molecular formula is C16H18N6O2. The van der Waals surface area contributed by atoms with Crippen LogP contribution in [0.2, 0.25) is 0 Å². The van der Waals surface area contributed by atoms with Crippen LogP contribution in [-0.2, 0) is 7.05 Å². The quantitative estimate of drug-likeness (QED) is 0.704. The van der Waals surface area contributed by atoms with Gasteiger partial charge in [0.2, 0.25) is 0 Å². The number of rotatable bonds is 2. The van der Waals surface area contributed by atoms with E-state index in [0.29, 0.717) is 31.9 Å². The molecule has 24 heavy (non-hydrogen) atoms. The molecule has 1 aliphatic heterocycles. The zero-order valence-corrected chi connectivity index (χ0v) is 13.6. The molecule has 0 atom stereocenters. The number of hydrogen-bond acceptors (Lipinski definition) is 6. The van der Waals surface area contributed by atoms with Crippen LogP contribution in [0.3, 0.4) is 0 Å². The summed E-state index contributed by atoms with van der Waals surface area (Å²) in [6.45, 7) is 4.62.